The highest BCUT2D eigenvalue weighted by atomic mass is 32.1. The van der Waals surface area contributed by atoms with E-state index in [1.165, 1.54) is 11.3 Å². The van der Waals surface area contributed by atoms with Crippen LogP contribution in [0.5, 0.6) is 11.5 Å². The number of hydrogen-bond donors (Lipinski definition) is 1. The second-order valence-corrected chi connectivity index (χ2v) is 5.48. The van der Waals surface area contributed by atoms with Gasteiger partial charge >= 0.3 is 5.97 Å². The number of fused-ring (bicyclic) bond motifs is 1. The molecule has 1 N–H and O–H groups in total. The number of aliphatic carboxylic acids is 1. The Morgan fingerprint density at radius 2 is 2.09 bits per heavy atom. The zero-order chi connectivity index (χ0) is 15.7. The minimum atomic E-state index is -0.860. The first-order valence-electron chi connectivity index (χ1n) is 6.52. The van der Waals surface area contributed by atoms with Crippen LogP contribution < -0.4 is 9.47 Å². The summed E-state index contributed by atoms with van der Waals surface area (Å²) in [4.78, 5) is 16.2. The van der Waals surface area contributed by atoms with E-state index in [9.17, 15) is 4.79 Å². The second kappa shape index (κ2) is 5.69. The summed E-state index contributed by atoms with van der Waals surface area (Å²) in [6, 6.07) is 5.56. The van der Waals surface area contributed by atoms with Crippen molar-refractivity contribution >= 4 is 22.3 Å². The first-order valence-corrected chi connectivity index (χ1v) is 7.40. The fourth-order valence-corrected chi connectivity index (χ4v) is 3.12. The molecule has 0 spiro atoms. The normalized spacial score (nSPS) is 10.8. The molecule has 0 aliphatic rings. The van der Waals surface area contributed by atoms with Crippen molar-refractivity contribution in [1.29, 1.82) is 0 Å². The van der Waals surface area contributed by atoms with Gasteiger partial charge in [0.2, 0.25) is 0 Å². The van der Waals surface area contributed by atoms with Crippen LogP contribution in [0.15, 0.2) is 29.8 Å². The van der Waals surface area contributed by atoms with E-state index in [-0.39, 0.29) is 6.42 Å². The van der Waals surface area contributed by atoms with Crippen molar-refractivity contribution in [3.63, 3.8) is 0 Å². The zero-order valence-electron chi connectivity index (χ0n) is 12.1. The summed E-state index contributed by atoms with van der Waals surface area (Å²) in [6.07, 6.45) is 1.81. The Morgan fingerprint density at radius 3 is 2.77 bits per heavy atom. The number of methoxy groups -OCH3 is 2. The monoisotopic (exact) mass is 318 g/mol. The number of nitrogens with zero attached hydrogens (tertiary/aromatic N) is 2. The van der Waals surface area contributed by atoms with Crippen LogP contribution in [0.25, 0.3) is 16.2 Å². The van der Waals surface area contributed by atoms with Crippen LogP contribution in [0.1, 0.15) is 5.69 Å². The molecule has 3 aromatic rings. The number of hydrogen-bond acceptors (Lipinski definition) is 5. The molecular weight excluding hydrogens is 304 g/mol. The molecule has 1 aromatic carbocycles. The first-order chi connectivity index (χ1) is 10.6. The van der Waals surface area contributed by atoms with Crippen LogP contribution >= 0.6 is 11.3 Å². The third-order valence-corrected chi connectivity index (χ3v) is 4.18. The third-order valence-electron chi connectivity index (χ3n) is 3.30. The minimum Gasteiger partial charge on any atom is -0.493 e. The number of aromatic nitrogens is 2. The molecule has 0 bridgehead atoms. The molecule has 114 valence electrons. The number of carbonyl (C=O) groups is 1. The Labute approximate surface area is 130 Å². The van der Waals surface area contributed by atoms with Gasteiger partial charge in [-0.2, -0.15) is 0 Å². The smallest absolute Gasteiger partial charge is 0.309 e. The number of ether oxygens (including phenoxy) is 2. The van der Waals surface area contributed by atoms with E-state index in [1.807, 2.05) is 34.2 Å². The number of imidazole rings is 1. The molecule has 0 amide bonds. The Morgan fingerprint density at radius 1 is 1.32 bits per heavy atom. The van der Waals surface area contributed by atoms with E-state index >= 15 is 0 Å². The molecule has 0 aliphatic heterocycles. The average molecular weight is 318 g/mol. The van der Waals surface area contributed by atoms with Crippen molar-refractivity contribution in [1.82, 2.24) is 9.38 Å². The lowest BCUT2D eigenvalue weighted by Crippen LogP contribution is -2.02. The number of rotatable bonds is 5. The summed E-state index contributed by atoms with van der Waals surface area (Å²) in [5.74, 6) is 0.419. The molecule has 0 unspecified atom stereocenters. The summed E-state index contributed by atoms with van der Waals surface area (Å²) >= 11 is 1.42. The molecule has 0 saturated carbocycles. The maximum Gasteiger partial charge on any atom is 0.309 e. The summed E-state index contributed by atoms with van der Waals surface area (Å²) in [6.45, 7) is 0. The zero-order valence-corrected chi connectivity index (χ0v) is 12.9. The Hall–Kier alpha value is -2.54. The van der Waals surface area contributed by atoms with Gasteiger partial charge < -0.3 is 14.6 Å². The van der Waals surface area contributed by atoms with E-state index in [1.54, 1.807) is 14.2 Å². The Balaban J connectivity index is 2.03. The molecule has 0 aliphatic carbocycles. The minimum absolute atomic E-state index is 0.0261. The highest BCUT2D eigenvalue weighted by molar-refractivity contribution is 7.15. The van der Waals surface area contributed by atoms with Crippen molar-refractivity contribution in [2.75, 3.05) is 14.2 Å². The molecule has 0 radical (unpaired) electrons. The molecule has 3 rings (SSSR count). The highest BCUT2D eigenvalue weighted by Gasteiger charge is 2.13. The van der Waals surface area contributed by atoms with Crippen LogP contribution in [0, 0.1) is 0 Å². The van der Waals surface area contributed by atoms with Crippen LogP contribution in [-0.2, 0) is 11.2 Å². The van der Waals surface area contributed by atoms with Gasteiger partial charge in [-0.25, -0.2) is 4.98 Å². The molecule has 7 heteroatoms. The number of carboxylic acids is 1. The first kappa shape index (κ1) is 14.4. The van der Waals surface area contributed by atoms with Gasteiger partial charge in [0, 0.05) is 22.8 Å². The maximum atomic E-state index is 10.9. The Bertz CT molecular complexity index is 837. The van der Waals surface area contributed by atoms with Crippen LogP contribution in [0.4, 0.5) is 0 Å². The van der Waals surface area contributed by atoms with Gasteiger partial charge in [0.05, 0.1) is 26.3 Å². The quantitative estimate of drug-likeness (QED) is 0.783. The van der Waals surface area contributed by atoms with Crippen molar-refractivity contribution in [3.8, 4) is 22.8 Å². The number of thiazole rings is 1. The largest absolute Gasteiger partial charge is 0.493 e. The fraction of sp³-hybridized carbons (Fsp3) is 0.200. The average Bonchev–Trinajstić information content (AvgIpc) is 3.08. The molecular formula is C15H14N2O4S. The van der Waals surface area contributed by atoms with Crippen molar-refractivity contribution in [2.45, 2.75) is 6.42 Å². The van der Waals surface area contributed by atoms with Gasteiger partial charge in [-0.05, 0) is 18.2 Å². The molecule has 0 atom stereocenters. The van der Waals surface area contributed by atoms with E-state index < -0.39 is 5.97 Å². The van der Waals surface area contributed by atoms with Gasteiger partial charge in [0.15, 0.2) is 16.5 Å². The predicted molar refractivity (Wildman–Crippen MR) is 82.9 cm³/mol. The van der Waals surface area contributed by atoms with E-state index in [4.69, 9.17) is 14.6 Å². The van der Waals surface area contributed by atoms with Crippen molar-refractivity contribution < 1.29 is 19.4 Å². The van der Waals surface area contributed by atoms with Crippen molar-refractivity contribution in [2.24, 2.45) is 0 Å². The number of benzene rings is 1. The van der Waals surface area contributed by atoms with Gasteiger partial charge in [0.25, 0.3) is 0 Å². The van der Waals surface area contributed by atoms with Gasteiger partial charge in [-0.1, -0.05) is 0 Å². The molecule has 6 nitrogen and oxygen atoms in total. The standard InChI is InChI=1S/C15H14N2O4S/c1-20-12-4-3-9(5-13(12)21-2)11-7-17-10(6-14(18)19)8-22-15(17)16-11/h3-5,7-8H,6H2,1-2H3,(H,18,19). The Kier molecular flexibility index (Phi) is 3.72. The van der Waals surface area contributed by atoms with E-state index in [0.717, 1.165) is 16.2 Å². The summed E-state index contributed by atoms with van der Waals surface area (Å²) in [5.41, 5.74) is 2.36. The SMILES string of the molecule is COc1ccc(-c2cn3c(CC(=O)O)csc3n2)cc1OC. The van der Waals surface area contributed by atoms with Gasteiger partial charge in [0.1, 0.15) is 0 Å². The number of carboxylic acid groups (broad SMARTS) is 1. The van der Waals surface area contributed by atoms with E-state index in [2.05, 4.69) is 4.98 Å². The summed E-state index contributed by atoms with van der Waals surface area (Å²) in [5, 5.41) is 10.7. The summed E-state index contributed by atoms with van der Waals surface area (Å²) in [7, 11) is 3.17. The lowest BCUT2D eigenvalue weighted by molar-refractivity contribution is -0.136. The third kappa shape index (κ3) is 2.50. The molecule has 22 heavy (non-hydrogen) atoms. The lowest BCUT2D eigenvalue weighted by atomic mass is 10.1. The fourth-order valence-electron chi connectivity index (χ4n) is 2.25. The molecule has 2 heterocycles. The van der Waals surface area contributed by atoms with Crippen LogP contribution in [0.2, 0.25) is 0 Å². The lowest BCUT2D eigenvalue weighted by Gasteiger charge is -2.08. The second-order valence-electron chi connectivity index (χ2n) is 4.65. The molecule has 0 saturated heterocycles. The van der Waals surface area contributed by atoms with Gasteiger partial charge in [-0.3, -0.25) is 9.20 Å². The van der Waals surface area contributed by atoms with Crippen LogP contribution in [0.3, 0.4) is 0 Å². The van der Waals surface area contributed by atoms with Crippen LogP contribution in [-0.4, -0.2) is 34.7 Å². The molecule has 0 fully saturated rings. The van der Waals surface area contributed by atoms with Crippen molar-refractivity contribution in [3.05, 3.63) is 35.5 Å². The van der Waals surface area contributed by atoms with Gasteiger partial charge in [-0.15, -0.1) is 11.3 Å². The predicted octanol–water partition coefficient (Wildman–Crippen LogP) is 2.71. The molecule has 2 aromatic heterocycles. The maximum absolute atomic E-state index is 10.9. The highest BCUT2D eigenvalue weighted by Crippen LogP contribution is 2.32. The van der Waals surface area contributed by atoms with E-state index in [0.29, 0.717) is 17.2 Å². The topological polar surface area (TPSA) is 73.1 Å². The summed E-state index contributed by atoms with van der Waals surface area (Å²) < 4.78 is 12.3.